The normalized spacial score (nSPS) is 12.5. The maximum Gasteiger partial charge on any atom is 0.217 e. The highest BCUT2D eigenvalue weighted by Gasteiger charge is 2.10. The Morgan fingerprint density at radius 1 is 1.83 bits per heavy atom. The molecule has 0 fully saturated rings. The molecule has 0 radical (unpaired) electrons. The van der Waals surface area contributed by atoms with Crippen LogP contribution in [0, 0.1) is 0 Å². The van der Waals surface area contributed by atoms with Gasteiger partial charge in [-0.05, 0) is 11.4 Å². The fraction of sp³-hybridized carbons (Fsp3) is 0.375. The second-order valence-corrected chi connectivity index (χ2v) is 3.48. The van der Waals surface area contributed by atoms with Gasteiger partial charge in [0, 0.05) is 18.3 Å². The zero-order valence-electron chi connectivity index (χ0n) is 6.91. The van der Waals surface area contributed by atoms with Crippen molar-refractivity contribution >= 4 is 17.2 Å². The van der Waals surface area contributed by atoms with Crippen LogP contribution >= 0.6 is 11.3 Å². The molecule has 4 heteroatoms. The SMILES string of the molecule is CC(=O)NC(CN)c1cccs1. The van der Waals surface area contributed by atoms with Crippen LogP contribution in [0.25, 0.3) is 0 Å². The second kappa shape index (κ2) is 4.23. The molecule has 0 saturated heterocycles. The minimum atomic E-state index is -0.0427. The van der Waals surface area contributed by atoms with E-state index in [1.807, 2.05) is 17.5 Å². The fourth-order valence-corrected chi connectivity index (χ4v) is 1.77. The van der Waals surface area contributed by atoms with Crippen molar-refractivity contribution in [2.24, 2.45) is 5.73 Å². The fourth-order valence-electron chi connectivity index (χ4n) is 0.981. The Labute approximate surface area is 75.6 Å². The van der Waals surface area contributed by atoms with Crippen LogP contribution in [0.5, 0.6) is 0 Å². The van der Waals surface area contributed by atoms with Gasteiger partial charge in [0.25, 0.3) is 0 Å². The van der Waals surface area contributed by atoms with Gasteiger partial charge in [-0.1, -0.05) is 6.07 Å². The van der Waals surface area contributed by atoms with E-state index >= 15 is 0 Å². The van der Waals surface area contributed by atoms with Gasteiger partial charge in [0.15, 0.2) is 0 Å². The number of nitrogens with two attached hydrogens (primary N) is 1. The zero-order chi connectivity index (χ0) is 8.97. The van der Waals surface area contributed by atoms with Crippen LogP contribution in [0.3, 0.4) is 0 Å². The first-order valence-electron chi connectivity index (χ1n) is 3.74. The summed E-state index contributed by atoms with van der Waals surface area (Å²) in [6.45, 7) is 1.94. The van der Waals surface area contributed by atoms with Crippen molar-refractivity contribution in [3.63, 3.8) is 0 Å². The number of hydrogen-bond donors (Lipinski definition) is 2. The molecule has 3 N–H and O–H groups in total. The Kier molecular flexibility index (Phi) is 3.25. The van der Waals surface area contributed by atoms with Gasteiger partial charge in [-0.25, -0.2) is 0 Å². The van der Waals surface area contributed by atoms with Gasteiger partial charge in [-0.2, -0.15) is 0 Å². The van der Waals surface area contributed by atoms with E-state index in [1.165, 1.54) is 6.92 Å². The molecule has 1 atom stereocenters. The summed E-state index contributed by atoms with van der Waals surface area (Å²) in [6.07, 6.45) is 0. The van der Waals surface area contributed by atoms with E-state index < -0.39 is 0 Å². The lowest BCUT2D eigenvalue weighted by molar-refractivity contribution is -0.119. The van der Waals surface area contributed by atoms with E-state index in [1.54, 1.807) is 11.3 Å². The maximum absolute atomic E-state index is 10.7. The van der Waals surface area contributed by atoms with Crippen molar-refractivity contribution in [1.29, 1.82) is 0 Å². The Morgan fingerprint density at radius 3 is 3.00 bits per heavy atom. The molecule has 0 aliphatic rings. The van der Waals surface area contributed by atoms with Gasteiger partial charge < -0.3 is 11.1 Å². The van der Waals surface area contributed by atoms with Gasteiger partial charge >= 0.3 is 0 Å². The lowest BCUT2D eigenvalue weighted by Crippen LogP contribution is -2.30. The molecule has 0 saturated carbocycles. The number of amides is 1. The number of nitrogens with one attached hydrogen (secondary N) is 1. The molecule has 12 heavy (non-hydrogen) atoms. The lowest BCUT2D eigenvalue weighted by Gasteiger charge is -2.13. The zero-order valence-corrected chi connectivity index (χ0v) is 7.73. The van der Waals surface area contributed by atoms with Gasteiger partial charge in [-0.15, -0.1) is 11.3 Å². The highest BCUT2D eigenvalue weighted by atomic mass is 32.1. The quantitative estimate of drug-likeness (QED) is 0.732. The summed E-state index contributed by atoms with van der Waals surface area (Å²) in [4.78, 5) is 11.9. The number of hydrogen-bond acceptors (Lipinski definition) is 3. The van der Waals surface area contributed by atoms with Crippen molar-refractivity contribution in [2.45, 2.75) is 13.0 Å². The van der Waals surface area contributed by atoms with Crippen LogP contribution in [0.2, 0.25) is 0 Å². The van der Waals surface area contributed by atoms with Crippen LogP contribution < -0.4 is 11.1 Å². The van der Waals surface area contributed by atoms with Gasteiger partial charge in [0.2, 0.25) is 5.91 Å². The smallest absolute Gasteiger partial charge is 0.217 e. The minimum absolute atomic E-state index is 0.0255. The molecular formula is C8H12N2OS. The third-order valence-corrected chi connectivity index (χ3v) is 2.49. The Bertz CT molecular complexity index is 246. The number of rotatable bonds is 3. The molecule has 1 aromatic heterocycles. The molecule has 1 unspecified atom stereocenters. The summed E-state index contributed by atoms with van der Waals surface area (Å²) in [5.41, 5.74) is 5.50. The van der Waals surface area contributed by atoms with E-state index in [4.69, 9.17) is 5.73 Å². The highest BCUT2D eigenvalue weighted by molar-refractivity contribution is 7.10. The number of carbonyl (C=O) groups is 1. The molecule has 1 aromatic rings. The van der Waals surface area contributed by atoms with E-state index in [0.717, 1.165) is 4.88 Å². The van der Waals surface area contributed by atoms with E-state index in [2.05, 4.69) is 5.32 Å². The summed E-state index contributed by atoms with van der Waals surface area (Å²) in [6, 6.07) is 3.89. The standard InChI is InChI=1S/C8H12N2OS/c1-6(11)10-7(5-9)8-3-2-4-12-8/h2-4,7H,5,9H2,1H3,(H,10,11). The topological polar surface area (TPSA) is 55.1 Å². The third-order valence-electron chi connectivity index (χ3n) is 1.50. The molecule has 0 aromatic carbocycles. The van der Waals surface area contributed by atoms with Crippen LogP contribution in [-0.4, -0.2) is 12.5 Å². The molecule has 0 bridgehead atoms. The predicted octanol–water partition coefficient (Wildman–Crippen LogP) is 0.884. The molecule has 0 aliphatic heterocycles. The van der Waals surface area contributed by atoms with Gasteiger partial charge in [-0.3, -0.25) is 4.79 Å². The summed E-state index contributed by atoms with van der Waals surface area (Å²) < 4.78 is 0. The Balaban J connectivity index is 2.63. The first kappa shape index (κ1) is 9.22. The monoisotopic (exact) mass is 184 g/mol. The minimum Gasteiger partial charge on any atom is -0.347 e. The largest absolute Gasteiger partial charge is 0.347 e. The molecule has 3 nitrogen and oxygen atoms in total. The van der Waals surface area contributed by atoms with E-state index in [0.29, 0.717) is 6.54 Å². The molecular weight excluding hydrogens is 172 g/mol. The highest BCUT2D eigenvalue weighted by Crippen LogP contribution is 2.17. The first-order chi connectivity index (χ1) is 5.74. The summed E-state index contributed by atoms with van der Waals surface area (Å²) >= 11 is 1.60. The molecule has 66 valence electrons. The number of thiophene rings is 1. The van der Waals surface area contributed by atoms with Crippen molar-refractivity contribution in [1.82, 2.24) is 5.32 Å². The molecule has 0 aliphatic carbocycles. The van der Waals surface area contributed by atoms with Crippen molar-refractivity contribution in [2.75, 3.05) is 6.54 Å². The van der Waals surface area contributed by atoms with Crippen LogP contribution in [0.4, 0.5) is 0 Å². The van der Waals surface area contributed by atoms with Crippen molar-refractivity contribution in [3.8, 4) is 0 Å². The summed E-state index contributed by atoms with van der Waals surface area (Å²) in [5.74, 6) is -0.0427. The first-order valence-corrected chi connectivity index (χ1v) is 4.62. The van der Waals surface area contributed by atoms with Crippen LogP contribution in [-0.2, 0) is 4.79 Å². The lowest BCUT2D eigenvalue weighted by atomic mass is 10.2. The molecule has 1 amide bonds. The summed E-state index contributed by atoms with van der Waals surface area (Å²) in [7, 11) is 0. The van der Waals surface area contributed by atoms with E-state index in [9.17, 15) is 4.79 Å². The van der Waals surface area contributed by atoms with E-state index in [-0.39, 0.29) is 11.9 Å². The second-order valence-electron chi connectivity index (χ2n) is 2.50. The van der Waals surface area contributed by atoms with Gasteiger partial charge in [0.1, 0.15) is 0 Å². The van der Waals surface area contributed by atoms with Crippen LogP contribution in [0.15, 0.2) is 17.5 Å². The average molecular weight is 184 g/mol. The summed E-state index contributed by atoms with van der Waals surface area (Å²) in [5, 5.41) is 4.75. The molecule has 0 spiro atoms. The maximum atomic E-state index is 10.7. The van der Waals surface area contributed by atoms with Crippen molar-refractivity contribution in [3.05, 3.63) is 22.4 Å². The average Bonchev–Trinajstić information content (AvgIpc) is 2.51. The predicted molar refractivity (Wildman–Crippen MR) is 49.9 cm³/mol. The Morgan fingerprint density at radius 2 is 2.58 bits per heavy atom. The third kappa shape index (κ3) is 2.32. The van der Waals surface area contributed by atoms with Crippen LogP contribution in [0.1, 0.15) is 17.8 Å². The number of carbonyl (C=O) groups excluding carboxylic acids is 1. The Hall–Kier alpha value is -0.870. The van der Waals surface area contributed by atoms with Crippen molar-refractivity contribution < 1.29 is 4.79 Å². The molecule has 1 rings (SSSR count). The van der Waals surface area contributed by atoms with Gasteiger partial charge in [0.05, 0.1) is 6.04 Å². The molecule has 1 heterocycles.